The molecule has 0 aliphatic carbocycles. The molecule has 0 aliphatic heterocycles. The molecule has 3 N–H and O–H groups in total. The van der Waals surface area contributed by atoms with Crippen LogP contribution in [-0.4, -0.2) is 34.9 Å². The summed E-state index contributed by atoms with van der Waals surface area (Å²) < 4.78 is 0. The highest BCUT2D eigenvalue weighted by atomic mass is 16.3. The van der Waals surface area contributed by atoms with Gasteiger partial charge in [-0.25, -0.2) is 0 Å². The van der Waals surface area contributed by atoms with Crippen molar-refractivity contribution in [3.8, 4) is 0 Å². The molecule has 508 valence electrons. The second-order valence-corrected chi connectivity index (χ2v) is 28.2. The molecule has 4 heteroatoms. The first-order valence-corrected chi connectivity index (χ1v) is 40.4. The lowest BCUT2D eigenvalue weighted by Crippen LogP contribution is -2.45. The highest BCUT2D eigenvalue weighted by molar-refractivity contribution is 5.76. The van der Waals surface area contributed by atoms with Gasteiger partial charge in [-0.2, -0.15) is 0 Å². The molecule has 0 aromatic carbocycles. The second-order valence-electron chi connectivity index (χ2n) is 28.2. The van der Waals surface area contributed by atoms with Gasteiger partial charge in [-0.15, -0.1) is 0 Å². The minimum Gasteiger partial charge on any atom is -0.394 e. The minimum atomic E-state index is -0.658. The molecule has 0 radical (unpaired) electrons. The third kappa shape index (κ3) is 73.8. The molecule has 0 bridgehead atoms. The number of amides is 1. The van der Waals surface area contributed by atoms with Gasteiger partial charge in [0.25, 0.3) is 0 Å². The van der Waals surface area contributed by atoms with Crippen LogP contribution in [0.25, 0.3) is 0 Å². The number of aliphatic hydroxyl groups excluding tert-OH is 2. The van der Waals surface area contributed by atoms with Crippen LogP contribution >= 0.6 is 0 Å². The summed E-state index contributed by atoms with van der Waals surface area (Å²) in [4.78, 5) is 12.6. The number of rotatable bonds is 77. The van der Waals surface area contributed by atoms with Gasteiger partial charge < -0.3 is 15.5 Å². The largest absolute Gasteiger partial charge is 0.394 e. The molecule has 0 aromatic heterocycles. The van der Waals surface area contributed by atoms with Crippen LogP contribution in [0.2, 0.25) is 0 Å². The fraction of sp³-hybridized carbons (Fsp3) is 0.963. The summed E-state index contributed by atoms with van der Waals surface area (Å²) in [7, 11) is 0. The summed E-state index contributed by atoms with van der Waals surface area (Å²) in [6.07, 6.45) is 105. The maximum atomic E-state index is 12.6. The first kappa shape index (κ1) is 84.1. The van der Waals surface area contributed by atoms with Gasteiger partial charge in [0.05, 0.1) is 18.8 Å². The quantitative estimate of drug-likeness (QED) is 0.0420. The maximum absolute atomic E-state index is 12.6. The van der Waals surface area contributed by atoms with Crippen molar-refractivity contribution in [2.45, 2.75) is 495 Å². The summed E-state index contributed by atoms with van der Waals surface area (Å²) in [5, 5.41) is 23.5. The molecule has 0 aliphatic rings. The van der Waals surface area contributed by atoms with Crippen LogP contribution in [0.15, 0.2) is 12.2 Å². The Balaban J connectivity index is 3.33. The number of allylic oxidation sites excluding steroid dienone is 2. The third-order valence-corrected chi connectivity index (χ3v) is 19.5. The van der Waals surface area contributed by atoms with Gasteiger partial charge in [0, 0.05) is 6.42 Å². The first-order valence-electron chi connectivity index (χ1n) is 40.4. The topological polar surface area (TPSA) is 69.6 Å². The molecule has 0 saturated carbocycles. The zero-order chi connectivity index (χ0) is 61.2. The third-order valence-electron chi connectivity index (χ3n) is 19.5. The van der Waals surface area contributed by atoms with Crippen molar-refractivity contribution >= 4 is 5.91 Å². The highest BCUT2D eigenvalue weighted by Gasteiger charge is 2.20. The summed E-state index contributed by atoms with van der Waals surface area (Å²) in [6.45, 7) is 4.42. The first-order chi connectivity index (χ1) is 42.2. The van der Waals surface area contributed by atoms with E-state index in [9.17, 15) is 15.0 Å². The Kier molecular flexibility index (Phi) is 76.6. The lowest BCUT2D eigenvalue weighted by Gasteiger charge is -2.22. The number of carbonyl (C=O) groups excluding carboxylic acids is 1. The van der Waals surface area contributed by atoms with Crippen LogP contribution in [0.3, 0.4) is 0 Å². The van der Waals surface area contributed by atoms with Crippen LogP contribution in [0.5, 0.6) is 0 Å². The predicted octanol–water partition coefficient (Wildman–Crippen LogP) is 27.9. The molecule has 0 aromatic rings. The molecule has 0 fully saturated rings. The Bertz CT molecular complexity index is 1220. The number of unbranched alkanes of at least 4 members (excludes halogenated alkanes) is 68. The fourth-order valence-corrected chi connectivity index (χ4v) is 13.4. The Hall–Kier alpha value is -0.870. The van der Waals surface area contributed by atoms with Crippen LogP contribution in [0, 0.1) is 0 Å². The van der Waals surface area contributed by atoms with Gasteiger partial charge >= 0.3 is 0 Å². The lowest BCUT2D eigenvalue weighted by atomic mass is 10.0. The Morgan fingerprint density at radius 1 is 0.271 bits per heavy atom. The maximum Gasteiger partial charge on any atom is 0.220 e. The summed E-state index contributed by atoms with van der Waals surface area (Å²) in [5.41, 5.74) is 0. The monoisotopic (exact) mass is 1200 g/mol. The van der Waals surface area contributed by atoms with Crippen molar-refractivity contribution in [2.24, 2.45) is 0 Å². The van der Waals surface area contributed by atoms with E-state index in [0.717, 1.165) is 25.7 Å². The average Bonchev–Trinajstić information content (AvgIpc) is 3.51. The number of aliphatic hydroxyl groups is 2. The van der Waals surface area contributed by atoms with E-state index in [1.807, 2.05) is 0 Å². The lowest BCUT2D eigenvalue weighted by molar-refractivity contribution is -0.123. The van der Waals surface area contributed by atoms with E-state index in [4.69, 9.17) is 0 Å². The van der Waals surface area contributed by atoms with E-state index in [0.29, 0.717) is 12.8 Å². The van der Waals surface area contributed by atoms with Crippen molar-refractivity contribution < 1.29 is 15.0 Å². The zero-order valence-electron chi connectivity index (χ0n) is 58.9. The van der Waals surface area contributed by atoms with Gasteiger partial charge in [-0.05, 0) is 38.5 Å². The van der Waals surface area contributed by atoms with Crippen LogP contribution < -0.4 is 5.32 Å². The van der Waals surface area contributed by atoms with E-state index in [2.05, 4.69) is 31.3 Å². The number of hydrogen-bond acceptors (Lipinski definition) is 3. The summed E-state index contributed by atoms with van der Waals surface area (Å²) >= 11 is 0. The standard InChI is InChI=1S/C81H161NO3/c1-3-5-7-9-11-13-15-17-19-21-23-25-27-29-31-33-35-37-38-39-40-41-42-43-44-45-47-49-51-53-55-57-59-61-63-65-67-69-71-73-75-77-81(85)82-79(78-83)80(84)76-74-72-70-68-66-64-62-60-58-56-54-52-50-48-46-36-34-32-30-28-26-24-22-20-18-16-14-12-10-8-6-4-2/h21,23,79-80,83-84H,3-20,22,24-78H2,1-2H3,(H,82,85)/b23-21-. The van der Waals surface area contributed by atoms with E-state index in [-0.39, 0.29) is 12.5 Å². The molecule has 4 nitrogen and oxygen atoms in total. The molecular weight excluding hydrogens is 1030 g/mol. The van der Waals surface area contributed by atoms with E-state index in [1.165, 1.54) is 430 Å². The van der Waals surface area contributed by atoms with Gasteiger partial charge in [0.15, 0.2) is 0 Å². The molecule has 85 heavy (non-hydrogen) atoms. The number of carbonyl (C=O) groups is 1. The van der Waals surface area contributed by atoms with Crippen molar-refractivity contribution in [2.75, 3.05) is 6.61 Å². The zero-order valence-corrected chi connectivity index (χ0v) is 58.9. The van der Waals surface area contributed by atoms with Crippen molar-refractivity contribution in [3.05, 3.63) is 12.2 Å². The van der Waals surface area contributed by atoms with E-state index >= 15 is 0 Å². The van der Waals surface area contributed by atoms with Crippen molar-refractivity contribution in [1.29, 1.82) is 0 Å². The van der Waals surface area contributed by atoms with Gasteiger partial charge in [-0.1, -0.05) is 450 Å². The van der Waals surface area contributed by atoms with Crippen molar-refractivity contribution in [3.63, 3.8) is 0 Å². The molecule has 1 amide bonds. The van der Waals surface area contributed by atoms with Gasteiger partial charge in [0.2, 0.25) is 5.91 Å². The van der Waals surface area contributed by atoms with E-state index < -0.39 is 12.1 Å². The summed E-state index contributed by atoms with van der Waals surface area (Å²) in [6, 6.07) is -0.535. The van der Waals surface area contributed by atoms with Gasteiger partial charge in [0.1, 0.15) is 0 Å². The second kappa shape index (κ2) is 77.4. The molecular formula is C81H161NO3. The Morgan fingerprint density at radius 2 is 0.447 bits per heavy atom. The molecule has 0 spiro atoms. The molecule has 2 unspecified atom stereocenters. The van der Waals surface area contributed by atoms with Crippen LogP contribution in [0.1, 0.15) is 483 Å². The number of nitrogens with one attached hydrogen (secondary N) is 1. The fourth-order valence-electron chi connectivity index (χ4n) is 13.4. The highest BCUT2D eigenvalue weighted by Crippen LogP contribution is 2.21. The molecule has 2 atom stereocenters. The van der Waals surface area contributed by atoms with Gasteiger partial charge in [-0.3, -0.25) is 4.79 Å². The number of hydrogen-bond donors (Lipinski definition) is 3. The molecule has 0 rings (SSSR count). The van der Waals surface area contributed by atoms with Crippen molar-refractivity contribution in [1.82, 2.24) is 5.32 Å². The smallest absolute Gasteiger partial charge is 0.220 e. The average molecular weight is 1200 g/mol. The Morgan fingerprint density at radius 3 is 0.647 bits per heavy atom. The normalized spacial score (nSPS) is 12.6. The SMILES string of the molecule is CCCCCCCCCC/C=C\CCCCCCCCCCCCCCCCCCCCCCCCCCCCCCCC(=O)NC(CO)C(O)CCCCCCCCCCCCCCCCCCCCCCCCCCCCCCCCCC. The molecule has 0 saturated heterocycles. The van der Waals surface area contributed by atoms with Crippen LogP contribution in [-0.2, 0) is 4.79 Å². The minimum absolute atomic E-state index is 0.0186. The van der Waals surface area contributed by atoms with E-state index in [1.54, 1.807) is 0 Å². The molecule has 0 heterocycles. The van der Waals surface area contributed by atoms with Crippen LogP contribution in [0.4, 0.5) is 0 Å². The predicted molar refractivity (Wildman–Crippen MR) is 383 cm³/mol. The summed E-state index contributed by atoms with van der Waals surface area (Å²) in [5.74, 6) is -0.0186. The Labute approximate surface area is 537 Å².